The van der Waals surface area contributed by atoms with Crippen LogP contribution >= 0.6 is 0 Å². The Hall–Kier alpha value is -1.93. The van der Waals surface area contributed by atoms with Gasteiger partial charge in [0.2, 0.25) is 10.0 Å². The maximum Gasteiger partial charge on any atom is 0.308 e. The number of carbonyl (C=O) groups excluding carboxylic acids is 1. The van der Waals surface area contributed by atoms with Crippen LogP contribution in [0.2, 0.25) is 0 Å². The maximum absolute atomic E-state index is 13.0. The first-order valence-corrected chi connectivity index (χ1v) is 10.5. The van der Waals surface area contributed by atoms with E-state index in [0.29, 0.717) is 13.1 Å². The summed E-state index contributed by atoms with van der Waals surface area (Å²) in [4.78, 5) is 25.0. The number of benzene rings is 1. The molecule has 3 atom stereocenters. The average molecular weight is 397 g/mol. The van der Waals surface area contributed by atoms with Gasteiger partial charge in [0.1, 0.15) is 0 Å². The van der Waals surface area contributed by atoms with Crippen LogP contribution < -0.4 is 0 Å². The Kier molecular flexibility index (Phi) is 6.64. The first-order valence-electron chi connectivity index (χ1n) is 9.10. The molecule has 150 valence electrons. The zero-order chi connectivity index (χ0) is 20.4. The van der Waals surface area contributed by atoms with Crippen LogP contribution in [0.25, 0.3) is 0 Å². The molecule has 1 aliphatic heterocycles. The zero-order valence-corrected chi connectivity index (χ0v) is 17.1. The van der Waals surface area contributed by atoms with E-state index in [1.165, 1.54) is 35.3 Å². The largest absolute Gasteiger partial charge is 0.481 e. The van der Waals surface area contributed by atoms with Crippen molar-refractivity contribution in [2.45, 2.75) is 32.1 Å². The highest BCUT2D eigenvalue weighted by Crippen LogP contribution is 2.27. The molecule has 3 unspecified atom stereocenters. The molecule has 1 heterocycles. The van der Waals surface area contributed by atoms with Gasteiger partial charge in [0.05, 0.1) is 10.8 Å². The van der Waals surface area contributed by atoms with Gasteiger partial charge in [0.25, 0.3) is 5.91 Å². The molecule has 27 heavy (non-hydrogen) atoms. The molecular formula is C19H28N2O5S. The number of aliphatic carboxylic acids is 1. The topological polar surface area (TPSA) is 95.0 Å². The molecule has 8 heteroatoms. The Balaban J connectivity index is 2.23. The Bertz CT molecular complexity index is 798. The highest BCUT2D eigenvalue weighted by atomic mass is 32.2. The first-order chi connectivity index (χ1) is 12.5. The van der Waals surface area contributed by atoms with Crippen molar-refractivity contribution in [1.82, 2.24) is 9.21 Å². The van der Waals surface area contributed by atoms with Gasteiger partial charge < -0.3 is 10.0 Å². The van der Waals surface area contributed by atoms with Gasteiger partial charge in [0.15, 0.2) is 0 Å². The molecule has 1 aromatic rings. The second kappa shape index (κ2) is 8.39. The molecule has 1 fully saturated rings. The van der Waals surface area contributed by atoms with Gasteiger partial charge in [-0.15, -0.1) is 0 Å². The van der Waals surface area contributed by atoms with Crippen LogP contribution in [0.3, 0.4) is 0 Å². The van der Waals surface area contributed by atoms with Gasteiger partial charge in [-0.3, -0.25) is 9.59 Å². The lowest BCUT2D eigenvalue weighted by atomic mass is 9.94. The van der Waals surface area contributed by atoms with Gasteiger partial charge in [0, 0.05) is 32.2 Å². The minimum Gasteiger partial charge on any atom is -0.481 e. The van der Waals surface area contributed by atoms with Crippen molar-refractivity contribution >= 4 is 21.9 Å². The fraction of sp³-hybridized carbons (Fsp3) is 0.579. The summed E-state index contributed by atoms with van der Waals surface area (Å²) in [6, 6.07) is 5.97. The highest BCUT2D eigenvalue weighted by molar-refractivity contribution is 7.89. The van der Waals surface area contributed by atoms with Crippen LogP contribution in [0, 0.1) is 17.8 Å². The number of carboxylic acid groups (broad SMARTS) is 1. The first kappa shape index (κ1) is 21.4. The number of hydrogen-bond donors (Lipinski definition) is 1. The molecule has 0 bridgehead atoms. The summed E-state index contributed by atoms with van der Waals surface area (Å²) >= 11 is 0. The predicted molar refractivity (Wildman–Crippen MR) is 102 cm³/mol. The lowest BCUT2D eigenvalue weighted by molar-refractivity contribution is -0.141. The van der Waals surface area contributed by atoms with Crippen molar-refractivity contribution in [3.8, 4) is 0 Å². The van der Waals surface area contributed by atoms with Gasteiger partial charge in [-0.25, -0.2) is 8.42 Å². The van der Waals surface area contributed by atoms with Crippen LogP contribution in [0.15, 0.2) is 29.2 Å². The molecule has 1 aromatic carbocycles. The SMILES string of the molecule is CC1CC(C)CN(S(=O)(=O)c2cccc(C(=O)N(C)CC(C)C(=O)O)c2)C1. The van der Waals surface area contributed by atoms with Gasteiger partial charge in [-0.05, 0) is 36.5 Å². The third kappa shape index (κ3) is 5.07. The summed E-state index contributed by atoms with van der Waals surface area (Å²) in [6.45, 7) is 6.59. The van der Waals surface area contributed by atoms with E-state index >= 15 is 0 Å². The quantitative estimate of drug-likeness (QED) is 0.795. The minimum absolute atomic E-state index is 0.0479. The standard InChI is InChI=1S/C19H28N2O5S/c1-13-8-14(2)11-21(10-13)27(25,26)17-7-5-6-16(9-17)18(22)20(4)12-15(3)19(23)24/h5-7,9,13-15H,8,10-12H2,1-4H3,(H,23,24). The van der Waals surface area contributed by atoms with Crippen LogP contribution in [0.5, 0.6) is 0 Å². The number of carboxylic acids is 1. The van der Waals surface area contributed by atoms with E-state index in [4.69, 9.17) is 5.11 Å². The normalized spacial score (nSPS) is 22.2. The number of sulfonamides is 1. The average Bonchev–Trinajstić information content (AvgIpc) is 2.60. The van der Waals surface area contributed by atoms with E-state index in [0.717, 1.165) is 6.42 Å². The monoisotopic (exact) mass is 396 g/mol. The third-order valence-corrected chi connectivity index (χ3v) is 6.70. The van der Waals surface area contributed by atoms with Crippen molar-refractivity contribution in [2.24, 2.45) is 17.8 Å². The van der Waals surface area contributed by atoms with Crippen LogP contribution in [-0.4, -0.2) is 61.3 Å². The molecule has 2 rings (SSSR count). The number of hydrogen-bond acceptors (Lipinski definition) is 4. The molecule has 1 saturated heterocycles. The van der Waals surface area contributed by atoms with E-state index in [1.54, 1.807) is 12.1 Å². The molecule has 1 N–H and O–H groups in total. The summed E-state index contributed by atoms with van der Waals surface area (Å²) in [5.41, 5.74) is 0.231. The minimum atomic E-state index is -3.68. The van der Waals surface area contributed by atoms with Crippen molar-refractivity contribution in [3.05, 3.63) is 29.8 Å². The van der Waals surface area contributed by atoms with Crippen LogP contribution in [0.4, 0.5) is 0 Å². The Labute approximate surface area is 161 Å². The van der Waals surface area contributed by atoms with Gasteiger partial charge >= 0.3 is 5.97 Å². The maximum atomic E-state index is 13.0. The van der Waals surface area contributed by atoms with E-state index < -0.39 is 27.8 Å². The van der Waals surface area contributed by atoms with Crippen LogP contribution in [0.1, 0.15) is 37.6 Å². The molecule has 1 aliphatic rings. The summed E-state index contributed by atoms with van der Waals surface area (Å²) in [7, 11) is -2.17. The number of nitrogens with zero attached hydrogens (tertiary/aromatic N) is 2. The summed E-state index contributed by atoms with van der Waals surface area (Å²) < 4.78 is 27.5. The molecule has 7 nitrogen and oxygen atoms in total. The molecule has 0 spiro atoms. The second-order valence-electron chi connectivity index (χ2n) is 7.72. The molecule has 1 amide bonds. The van der Waals surface area contributed by atoms with Crippen molar-refractivity contribution in [1.29, 1.82) is 0 Å². The molecule has 0 saturated carbocycles. The lowest BCUT2D eigenvalue weighted by Gasteiger charge is -2.34. The van der Waals surface area contributed by atoms with E-state index in [1.807, 2.05) is 13.8 Å². The Morgan fingerprint density at radius 2 is 1.85 bits per heavy atom. The summed E-state index contributed by atoms with van der Waals surface area (Å²) in [6.07, 6.45) is 0.997. The molecule has 0 aliphatic carbocycles. The summed E-state index contributed by atoms with van der Waals surface area (Å²) in [5.74, 6) is -1.52. The molecular weight excluding hydrogens is 368 g/mol. The second-order valence-corrected chi connectivity index (χ2v) is 9.66. The number of piperidine rings is 1. The number of carbonyl (C=O) groups is 2. The van der Waals surface area contributed by atoms with E-state index in [2.05, 4.69) is 0 Å². The van der Waals surface area contributed by atoms with Gasteiger partial charge in [-0.1, -0.05) is 26.8 Å². The molecule has 0 aromatic heterocycles. The molecule has 0 radical (unpaired) electrons. The number of amides is 1. The zero-order valence-electron chi connectivity index (χ0n) is 16.3. The smallest absolute Gasteiger partial charge is 0.308 e. The third-order valence-electron chi connectivity index (χ3n) is 4.87. The fourth-order valence-corrected chi connectivity index (χ4v) is 5.26. The lowest BCUT2D eigenvalue weighted by Crippen LogP contribution is -2.42. The van der Waals surface area contributed by atoms with Gasteiger partial charge in [-0.2, -0.15) is 4.31 Å². The Morgan fingerprint density at radius 3 is 2.41 bits per heavy atom. The predicted octanol–water partition coefficient (Wildman–Crippen LogP) is 2.15. The van der Waals surface area contributed by atoms with Crippen LogP contribution in [-0.2, 0) is 14.8 Å². The van der Waals surface area contributed by atoms with Crippen molar-refractivity contribution in [2.75, 3.05) is 26.7 Å². The Morgan fingerprint density at radius 1 is 1.26 bits per heavy atom. The highest BCUT2D eigenvalue weighted by Gasteiger charge is 2.32. The fourth-order valence-electron chi connectivity index (χ4n) is 3.53. The van der Waals surface area contributed by atoms with E-state index in [9.17, 15) is 18.0 Å². The summed E-state index contributed by atoms with van der Waals surface area (Å²) in [5, 5.41) is 9.00. The van der Waals surface area contributed by atoms with Crippen molar-refractivity contribution < 1.29 is 23.1 Å². The number of rotatable bonds is 6. The van der Waals surface area contributed by atoms with Crippen molar-refractivity contribution in [3.63, 3.8) is 0 Å². The van der Waals surface area contributed by atoms with E-state index in [-0.39, 0.29) is 28.8 Å².